The zero-order valence-electron chi connectivity index (χ0n) is 12.9. The van der Waals surface area contributed by atoms with Crippen LogP contribution in [-0.2, 0) is 0 Å². The number of anilines is 1. The Kier molecular flexibility index (Phi) is 3.47. The minimum Gasteiger partial charge on any atom is -0.497 e. The van der Waals surface area contributed by atoms with E-state index in [2.05, 4.69) is 33.0 Å². The highest BCUT2D eigenvalue weighted by molar-refractivity contribution is 5.68. The van der Waals surface area contributed by atoms with Crippen molar-refractivity contribution in [3.8, 4) is 16.9 Å². The molecule has 114 valence electrons. The Bertz CT molecular complexity index is 673. The molecule has 4 rings (SSSR count). The summed E-state index contributed by atoms with van der Waals surface area (Å²) >= 11 is 0. The van der Waals surface area contributed by atoms with Gasteiger partial charge in [-0.15, -0.1) is 0 Å². The van der Waals surface area contributed by atoms with Crippen molar-refractivity contribution < 1.29 is 4.74 Å². The minimum atomic E-state index is 0.649. The molecule has 2 fully saturated rings. The lowest BCUT2D eigenvalue weighted by Gasteiger charge is -2.36. The molecule has 2 unspecified atom stereocenters. The fourth-order valence-electron chi connectivity index (χ4n) is 3.59. The average Bonchev–Trinajstić information content (AvgIpc) is 2.96. The molecular weight excluding hydrogens is 274 g/mol. The third kappa shape index (κ3) is 2.44. The summed E-state index contributed by atoms with van der Waals surface area (Å²) in [7, 11) is 1.70. The van der Waals surface area contributed by atoms with E-state index in [9.17, 15) is 0 Å². The van der Waals surface area contributed by atoms with Gasteiger partial charge in [-0.05, 0) is 30.2 Å². The van der Waals surface area contributed by atoms with Gasteiger partial charge in [0.1, 0.15) is 5.75 Å². The molecule has 3 heterocycles. The Morgan fingerprint density at radius 1 is 1.09 bits per heavy atom. The SMILES string of the molecule is COc1cccc(-c2cncc(N3CCN4CCC3C4)c2)c1. The quantitative estimate of drug-likeness (QED) is 0.870. The number of hydrogen-bond donors (Lipinski definition) is 0. The van der Waals surface area contributed by atoms with Crippen LogP contribution in [0, 0.1) is 0 Å². The molecule has 2 aliphatic rings. The first kappa shape index (κ1) is 13.6. The molecule has 1 aromatic heterocycles. The summed E-state index contributed by atoms with van der Waals surface area (Å²) in [4.78, 5) is 9.56. The summed E-state index contributed by atoms with van der Waals surface area (Å²) in [6, 6.07) is 11.1. The first-order chi connectivity index (χ1) is 10.8. The first-order valence-electron chi connectivity index (χ1n) is 7.92. The van der Waals surface area contributed by atoms with Crippen molar-refractivity contribution in [3.63, 3.8) is 0 Å². The van der Waals surface area contributed by atoms with Crippen molar-refractivity contribution in [1.29, 1.82) is 0 Å². The number of nitrogens with zero attached hydrogens (tertiary/aromatic N) is 3. The van der Waals surface area contributed by atoms with Crippen LogP contribution < -0.4 is 9.64 Å². The number of methoxy groups -OCH3 is 1. The fraction of sp³-hybridized carbons (Fsp3) is 0.389. The number of ether oxygens (including phenoxy) is 1. The molecule has 4 nitrogen and oxygen atoms in total. The molecule has 22 heavy (non-hydrogen) atoms. The predicted octanol–water partition coefficient (Wildman–Crippen LogP) is 2.65. The lowest BCUT2D eigenvalue weighted by atomic mass is 10.1. The maximum Gasteiger partial charge on any atom is 0.119 e. The van der Waals surface area contributed by atoms with Crippen LogP contribution in [-0.4, -0.2) is 49.2 Å². The molecule has 0 N–H and O–H groups in total. The monoisotopic (exact) mass is 295 g/mol. The molecule has 0 saturated carbocycles. The molecule has 0 radical (unpaired) electrons. The number of pyridine rings is 1. The van der Waals surface area contributed by atoms with E-state index in [-0.39, 0.29) is 0 Å². The highest BCUT2D eigenvalue weighted by Crippen LogP contribution is 2.30. The van der Waals surface area contributed by atoms with E-state index in [1.807, 2.05) is 24.5 Å². The maximum absolute atomic E-state index is 5.33. The third-order valence-corrected chi connectivity index (χ3v) is 4.80. The molecule has 2 bridgehead atoms. The summed E-state index contributed by atoms with van der Waals surface area (Å²) in [5.74, 6) is 0.882. The van der Waals surface area contributed by atoms with E-state index in [0.29, 0.717) is 6.04 Å². The molecular formula is C18H21N3O. The lowest BCUT2D eigenvalue weighted by molar-refractivity contribution is 0.310. The molecule has 0 spiro atoms. The van der Waals surface area contributed by atoms with Crippen LogP contribution in [0.1, 0.15) is 6.42 Å². The number of piperazine rings is 1. The number of aromatic nitrogens is 1. The molecule has 0 amide bonds. The lowest BCUT2D eigenvalue weighted by Crippen LogP contribution is -2.46. The largest absolute Gasteiger partial charge is 0.497 e. The zero-order valence-corrected chi connectivity index (χ0v) is 12.9. The van der Waals surface area contributed by atoms with E-state index in [1.165, 1.54) is 31.7 Å². The summed E-state index contributed by atoms with van der Waals surface area (Å²) in [6.45, 7) is 4.71. The Morgan fingerprint density at radius 2 is 2.05 bits per heavy atom. The van der Waals surface area contributed by atoms with E-state index in [0.717, 1.165) is 23.4 Å². The smallest absolute Gasteiger partial charge is 0.119 e. The van der Waals surface area contributed by atoms with Gasteiger partial charge in [0.15, 0.2) is 0 Å². The van der Waals surface area contributed by atoms with Crippen molar-refractivity contribution >= 4 is 5.69 Å². The molecule has 2 atom stereocenters. The summed E-state index contributed by atoms with van der Waals surface area (Å²) in [5.41, 5.74) is 3.54. The van der Waals surface area contributed by atoms with Crippen LogP contribution in [0.15, 0.2) is 42.7 Å². The van der Waals surface area contributed by atoms with Gasteiger partial charge in [0.25, 0.3) is 0 Å². The van der Waals surface area contributed by atoms with Crippen LogP contribution >= 0.6 is 0 Å². The van der Waals surface area contributed by atoms with Gasteiger partial charge in [0.2, 0.25) is 0 Å². The van der Waals surface area contributed by atoms with Gasteiger partial charge in [0.05, 0.1) is 19.0 Å². The van der Waals surface area contributed by atoms with Crippen LogP contribution in [0.5, 0.6) is 5.75 Å². The van der Waals surface area contributed by atoms with E-state index >= 15 is 0 Å². The van der Waals surface area contributed by atoms with Crippen LogP contribution in [0.2, 0.25) is 0 Å². The summed E-state index contributed by atoms with van der Waals surface area (Å²) in [6.07, 6.45) is 5.20. The molecule has 2 aromatic rings. The van der Waals surface area contributed by atoms with Crippen LogP contribution in [0.4, 0.5) is 5.69 Å². The van der Waals surface area contributed by atoms with Gasteiger partial charge in [0, 0.05) is 44.0 Å². The van der Waals surface area contributed by atoms with Gasteiger partial charge in [-0.3, -0.25) is 9.88 Å². The highest BCUT2D eigenvalue weighted by atomic mass is 16.5. The zero-order chi connectivity index (χ0) is 14.9. The van der Waals surface area contributed by atoms with Crippen molar-refractivity contribution in [2.75, 3.05) is 38.2 Å². The Morgan fingerprint density at radius 3 is 2.95 bits per heavy atom. The van der Waals surface area contributed by atoms with E-state index in [4.69, 9.17) is 4.74 Å². The number of rotatable bonds is 3. The Balaban J connectivity index is 1.65. The molecule has 4 heteroatoms. The first-order valence-corrected chi connectivity index (χ1v) is 7.92. The Labute approximate surface area is 131 Å². The average molecular weight is 295 g/mol. The second-order valence-corrected chi connectivity index (χ2v) is 6.10. The van der Waals surface area contributed by atoms with E-state index < -0.39 is 0 Å². The second-order valence-electron chi connectivity index (χ2n) is 6.10. The topological polar surface area (TPSA) is 28.6 Å². The van der Waals surface area contributed by atoms with E-state index in [1.54, 1.807) is 7.11 Å². The fourth-order valence-corrected chi connectivity index (χ4v) is 3.59. The number of fused-ring (bicyclic) bond motifs is 2. The molecule has 2 aliphatic heterocycles. The third-order valence-electron chi connectivity index (χ3n) is 4.80. The van der Waals surface area contributed by atoms with Crippen molar-refractivity contribution in [2.45, 2.75) is 12.5 Å². The van der Waals surface area contributed by atoms with Gasteiger partial charge < -0.3 is 9.64 Å². The highest BCUT2D eigenvalue weighted by Gasteiger charge is 2.32. The van der Waals surface area contributed by atoms with Crippen molar-refractivity contribution in [2.24, 2.45) is 0 Å². The molecule has 1 aromatic carbocycles. The summed E-state index contributed by atoms with van der Waals surface area (Å²) in [5, 5.41) is 0. The standard InChI is InChI=1S/C18H21N3O/c1-22-18-4-2-3-14(10-18)15-9-17(12-19-11-15)21-8-7-20-6-5-16(21)13-20/h2-4,9-12,16H,5-8,13H2,1H3. The second kappa shape index (κ2) is 5.61. The van der Waals surface area contributed by atoms with Gasteiger partial charge in [-0.1, -0.05) is 12.1 Å². The number of benzene rings is 1. The predicted molar refractivity (Wildman–Crippen MR) is 88.4 cm³/mol. The van der Waals surface area contributed by atoms with Gasteiger partial charge >= 0.3 is 0 Å². The van der Waals surface area contributed by atoms with Gasteiger partial charge in [-0.25, -0.2) is 0 Å². The van der Waals surface area contributed by atoms with Crippen molar-refractivity contribution in [3.05, 3.63) is 42.7 Å². The minimum absolute atomic E-state index is 0.649. The number of hydrogen-bond acceptors (Lipinski definition) is 4. The van der Waals surface area contributed by atoms with Crippen LogP contribution in [0.3, 0.4) is 0 Å². The Hall–Kier alpha value is -2.07. The van der Waals surface area contributed by atoms with Crippen molar-refractivity contribution in [1.82, 2.24) is 9.88 Å². The normalized spacial score (nSPS) is 23.6. The molecule has 2 saturated heterocycles. The van der Waals surface area contributed by atoms with Crippen LogP contribution in [0.25, 0.3) is 11.1 Å². The maximum atomic E-state index is 5.33. The van der Waals surface area contributed by atoms with Gasteiger partial charge in [-0.2, -0.15) is 0 Å². The molecule has 0 aliphatic carbocycles. The summed E-state index contributed by atoms with van der Waals surface area (Å²) < 4.78 is 5.33.